The molecule has 0 bridgehead atoms. The molecule has 0 amide bonds. The minimum Gasteiger partial charge on any atom is -0.494 e. The van der Waals surface area contributed by atoms with Crippen molar-refractivity contribution < 1.29 is 19.1 Å². The highest BCUT2D eigenvalue weighted by atomic mass is 32.2. The van der Waals surface area contributed by atoms with Crippen LogP contribution in [0.15, 0.2) is 151 Å². The lowest BCUT2D eigenvalue weighted by Crippen LogP contribution is -2.27. The number of ketones is 2. The molecule has 6 nitrogen and oxygen atoms in total. The van der Waals surface area contributed by atoms with Crippen LogP contribution in [0, 0.1) is 0 Å². The molecule has 8 heteroatoms. The molecule has 58 heavy (non-hydrogen) atoms. The zero-order valence-electron chi connectivity index (χ0n) is 35.1. The number of Topliss-reactive ketones (excluding diaryl/α,β-unsaturated/α-hetero) is 2. The van der Waals surface area contributed by atoms with E-state index in [1.807, 2.05) is 60.7 Å². The van der Waals surface area contributed by atoms with Crippen molar-refractivity contribution in [3.63, 3.8) is 0 Å². The van der Waals surface area contributed by atoms with E-state index in [4.69, 9.17) is 9.47 Å². The Labute approximate surface area is 353 Å². The number of hydrogen-bond acceptors (Lipinski definition) is 8. The Morgan fingerprint density at radius 1 is 0.500 bits per heavy atom. The molecule has 0 heterocycles. The van der Waals surface area contributed by atoms with Gasteiger partial charge in [-0.05, 0) is 120 Å². The number of rotatable bonds is 16. The number of fused-ring (bicyclic) bond motifs is 1. The second-order valence-corrected chi connectivity index (χ2v) is 18.9. The van der Waals surface area contributed by atoms with Crippen molar-refractivity contribution in [1.29, 1.82) is 0 Å². The molecule has 4 aromatic carbocycles. The third-order valence-corrected chi connectivity index (χ3v) is 12.0. The van der Waals surface area contributed by atoms with Crippen molar-refractivity contribution in [1.82, 2.24) is 0 Å². The summed E-state index contributed by atoms with van der Waals surface area (Å²) in [4.78, 5) is 32.6. The summed E-state index contributed by atoms with van der Waals surface area (Å²) in [5.41, 5.74) is 5.75. The maximum absolute atomic E-state index is 14.8. The highest BCUT2D eigenvalue weighted by Gasteiger charge is 2.38. The van der Waals surface area contributed by atoms with Gasteiger partial charge in [0.2, 0.25) is 11.6 Å². The van der Waals surface area contributed by atoms with Crippen molar-refractivity contribution in [2.24, 2.45) is 0 Å². The first-order valence-corrected chi connectivity index (χ1v) is 21.9. The predicted molar refractivity (Wildman–Crippen MR) is 243 cm³/mol. The summed E-state index contributed by atoms with van der Waals surface area (Å²) in [6, 6.07) is 32.2. The number of unbranched alkanes of at least 4 members (excludes halogenated alkanes) is 2. The number of anilines is 2. The SMILES string of the molecule is CCCCOc1ccc(NC2=C3C(=O)C(Sc4ccc(C(C)(C)C)cc4)=CC(Nc4ccc(OCCCC)cc4)=C3C(=O)C(Sc3ccc(C(C)(C)C)cc3)=C2)cc1. The molecule has 0 spiro atoms. The van der Waals surface area contributed by atoms with Crippen molar-refractivity contribution in [3.05, 3.63) is 153 Å². The lowest BCUT2D eigenvalue weighted by Gasteiger charge is -2.28. The monoisotopic (exact) mass is 812 g/mol. The minimum atomic E-state index is -0.213. The van der Waals surface area contributed by atoms with E-state index < -0.39 is 0 Å². The van der Waals surface area contributed by atoms with Gasteiger partial charge in [-0.15, -0.1) is 0 Å². The molecule has 0 aromatic heterocycles. The zero-order valence-corrected chi connectivity index (χ0v) is 36.7. The fourth-order valence-corrected chi connectivity index (χ4v) is 8.22. The number of thioether (sulfide) groups is 2. The summed E-state index contributed by atoms with van der Waals surface area (Å²) < 4.78 is 11.9. The first kappa shape index (κ1) is 42.7. The van der Waals surface area contributed by atoms with Crippen LogP contribution >= 0.6 is 23.5 Å². The molecule has 0 saturated carbocycles. The summed E-state index contributed by atoms with van der Waals surface area (Å²) in [5, 5.41) is 7.08. The molecule has 0 fully saturated rings. The number of carbonyl (C=O) groups excluding carboxylic acids is 2. The van der Waals surface area contributed by atoms with Gasteiger partial charge in [-0.1, -0.05) is 116 Å². The number of hydrogen-bond donors (Lipinski definition) is 2. The van der Waals surface area contributed by atoms with Crippen LogP contribution in [0.5, 0.6) is 11.5 Å². The van der Waals surface area contributed by atoms with E-state index in [1.54, 1.807) is 0 Å². The summed E-state index contributed by atoms with van der Waals surface area (Å²) >= 11 is 2.81. The van der Waals surface area contributed by atoms with E-state index >= 15 is 0 Å². The van der Waals surface area contributed by atoms with Crippen molar-refractivity contribution in [2.75, 3.05) is 23.8 Å². The Kier molecular flexibility index (Phi) is 13.8. The molecular weight excluding hydrogens is 757 g/mol. The highest BCUT2D eigenvalue weighted by Crippen LogP contribution is 2.44. The third-order valence-electron chi connectivity index (χ3n) is 9.94. The summed E-state index contributed by atoms with van der Waals surface area (Å²) in [7, 11) is 0. The fourth-order valence-electron chi connectivity index (χ4n) is 6.42. The van der Waals surface area contributed by atoms with Gasteiger partial charge in [0.15, 0.2) is 0 Å². The standard InChI is InChI=1S/C50H56N2O4S2/c1-9-11-29-55-37-21-17-35(18-22-37)51-41-31-43(57-39-25-13-33(14-26-39)49(3,4)5)48(54)46-42(52-36-19-23-38(24-20-36)56-30-12-10-2)32-44(47(53)45(41)46)58-40-27-15-34(16-28-40)50(6,7)8/h13-28,31-32,51-52H,9-12,29-30H2,1-8H3. The lowest BCUT2D eigenvalue weighted by molar-refractivity contribution is -0.114. The quantitative estimate of drug-likeness (QED) is 0.108. The summed E-state index contributed by atoms with van der Waals surface area (Å²) in [6.45, 7) is 18.7. The minimum absolute atomic E-state index is 0.00119. The van der Waals surface area contributed by atoms with E-state index in [0.29, 0.717) is 45.6 Å². The molecule has 4 aromatic rings. The number of nitrogens with one attached hydrogen (secondary N) is 2. The molecule has 0 aliphatic heterocycles. The Balaban J connectivity index is 1.44. The van der Waals surface area contributed by atoms with Crippen LogP contribution in [0.2, 0.25) is 0 Å². The molecule has 2 N–H and O–H groups in total. The molecule has 0 saturated heterocycles. The maximum atomic E-state index is 14.8. The van der Waals surface area contributed by atoms with Crippen LogP contribution in [0.3, 0.4) is 0 Å². The molecule has 2 aliphatic rings. The van der Waals surface area contributed by atoms with Gasteiger partial charge in [0.25, 0.3) is 0 Å². The van der Waals surface area contributed by atoms with Crippen molar-refractivity contribution in [2.45, 2.75) is 102 Å². The van der Waals surface area contributed by atoms with Gasteiger partial charge < -0.3 is 20.1 Å². The van der Waals surface area contributed by atoms with Gasteiger partial charge >= 0.3 is 0 Å². The maximum Gasteiger partial charge on any atom is 0.202 e. The van der Waals surface area contributed by atoms with E-state index in [1.165, 1.54) is 34.7 Å². The Hall–Kier alpha value is -4.92. The van der Waals surface area contributed by atoms with Crippen LogP contribution in [-0.4, -0.2) is 24.8 Å². The Morgan fingerprint density at radius 3 is 1.16 bits per heavy atom. The van der Waals surface area contributed by atoms with Gasteiger partial charge in [-0.25, -0.2) is 0 Å². The number of benzene rings is 4. The molecule has 0 radical (unpaired) electrons. The van der Waals surface area contributed by atoms with Crippen molar-refractivity contribution >= 4 is 46.5 Å². The van der Waals surface area contributed by atoms with Crippen LogP contribution < -0.4 is 20.1 Å². The van der Waals surface area contributed by atoms with Crippen molar-refractivity contribution in [3.8, 4) is 11.5 Å². The highest BCUT2D eigenvalue weighted by molar-refractivity contribution is 8.04. The average molecular weight is 813 g/mol. The normalized spacial score (nSPS) is 14.6. The zero-order chi connectivity index (χ0) is 41.5. The van der Waals surface area contributed by atoms with Gasteiger partial charge in [0.05, 0.1) is 45.6 Å². The van der Waals surface area contributed by atoms with Gasteiger partial charge in [-0.2, -0.15) is 0 Å². The molecule has 2 aliphatic carbocycles. The first-order chi connectivity index (χ1) is 27.7. The van der Waals surface area contributed by atoms with Crippen LogP contribution in [0.25, 0.3) is 0 Å². The van der Waals surface area contributed by atoms with E-state index in [9.17, 15) is 9.59 Å². The molecule has 0 atom stereocenters. The van der Waals surface area contributed by atoms with E-state index in [0.717, 1.165) is 58.3 Å². The number of allylic oxidation sites excluding steroid dienone is 6. The Bertz CT molecular complexity index is 2060. The van der Waals surface area contributed by atoms with E-state index in [2.05, 4.69) is 115 Å². The van der Waals surface area contributed by atoms with Gasteiger partial charge in [-0.3, -0.25) is 9.59 Å². The third kappa shape index (κ3) is 10.8. The number of carbonyl (C=O) groups is 2. The van der Waals surface area contributed by atoms with Crippen LogP contribution in [0.1, 0.15) is 92.2 Å². The lowest BCUT2D eigenvalue weighted by atomic mass is 9.86. The average Bonchev–Trinajstić information content (AvgIpc) is 3.19. The van der Waals surface area contributed by atoms with Gasteiger partial charge in [0.1, 0.15) is 11.5 Å². The molecule has 0 unspecified atom stereocenters. The predicted octanol–water partition coefficient (Wildman–Crippen LogP) is 13.2. The second-order valence-electron chi connectivity index (χ2n) is 16.7. The second kappa shape index (κ2) is 18.8. The fraction of sp³-hybridized carbons (Fsp3) is 0.320. The first-order valence-electron chi connectivity index (χ1n) is 20.3. The smallest absolute Gasteiger partial charge is 0.202 e. The largest absolute Gasteiger partial charge is 0.494 e. The van der Waals surface area contributed by atoms with Gasteiger partial charge in [0, 0.05) is 21.2 Å². The topological polar surface area (TPSA) is 76.7 Å². The molecule has 6 rings (SSSR count). The van der Waals surface area contributed by atoms with Crippen LogP contribution in [-0.2, 0) is 20.4 Å². The summed E-state index contributed by atoms with van der Waals surface area (Å²) in [6.07, 6.45) is 7.73. The van der Waals surface area contributed by atoms with Crippen LogP contribution in [0.4, 0.5) is 11.4 Å². The summed E-state index contributed by atoms with van der Waals surface area (Å²) in [5.74, 6) is 1.14. The molecular formula is C50H56N2O4S2. The number of ether oxygens (including phenoxy) is 2. The molecule has 302 valence electrons. The Morgan fingerprint density at radius 2 is 0.845 bits per heavy atom. The van der Waals surface area contributed by atoms with E-state index in [-0.39, 0.29) is 22.4 Å².